The fraction of sp³-hybridized carbons (Fsp3) is 0.167. The van der Waals surface area contributed by atoms with Crippen LogP contribution in [-0.2, 0) is 18.0 Å². The second-order valence-corrected chi connectivity index (χ2v) is 8.07. The molecule has 9 heteroatoms. The number of amides is 1. The molecular formula is C24H20ClF3N4O. The molecule has 0 saturated carbocycles. The van der Waals surface area contributed by atoms with Gasteiger partial charge in [-0.15, -0.1) is 0 Å². The number of fused-ring (bicyclic) bond motifs is 1. The van der Waals surface area contributed by atoms with Crippen LogP contribution in [0.4, 0.5) is 19.1 Å². The van der Waals surface area contributed by atoms with Crippen LogP contribution < -0.4 is 11.1 Å². The van der Waals surface area contributed by atoms with Gasteiger partial charge in [0.1, 0.15) is 0 Å². The fourth-order valence-electron chi connectivity index (χ4n) is 3.62. The second-order valence-electron chi connectivity index (χ2n) is 7.66. The van der Waals surface area contributed by atoms with Gasteiger partial charge >= 0.3 is 6.18 Å². The first-order valence-electron chi connectivity index (χ1n) is 10.1. The topological polar surface area (TPSA) is 72.9 Å². The van der Waals surface area contributed by atoms with Gasteiger partial charge in [0.2, 0.25) is 11.9 Å². The van der Waals surface area contributed by atoms with Crippen molar-refractivity contribution in [2.75, 3.05) is 5.32 Å². The summed E-state index contributed by atoms with van der Waals surface area (Å²) in [5.41, 5.74) is 8.52. The zero-order valence-electron chi connectivity index (χ0n) is 17.5. The molecule has 4 rings (SSSR count). The second kappa shape index (κ2) is 8.88. The van der Waals surface area contributed by atoms with Gasteiger partial charge in [0.25, 0.3) is 0 Å². The lowest BCUT2D eigenvalue weighted by Crippen LogP contribution is -2.22. The minimum atomic E-state index is -4.55. The van der Waals surface area contributed by atoms with E-state index in [0.29, 0.717) is 5.52 Å². The van der Waals surface area contributed by atoms with Crippen LogP contribution in [0, 0.1) is 0 Å². The highest BCUT2D eigenvalue weighted by atomic mass is 35.5. The Labute approximate surface area is 193 Å². The Morgan fingerprint density at radius 3 is 2.36 bits per heavy atom. The van der Waals surface area contributed by atoms with Crippen molar-refractivity contribution in [2.24, 2.45) is 12.8 Å². The first-order chi connectivity index (χ1) is 15.6. The Bertz CT molecular complexity index is 1300. The van der Waals surface area contributed by atoms with Crippen molar-refractivity contribution in [1.29, 1.82) is 0 Å². The number of nitrogens with two attached hydrogens (primary N) is 1. The fourth-order valence-corrected chi connectivity index (χ4v) is 3.96. The number of halogens is 4. The zero-order valence-corrected chi connectivity index (χ0v) is 18.3. The number of nitrogens with one attached hydrogen (secondary N) is 1. The third kappa shape index (κ3) is 4.86. The predicted octanol–water partition coefficient (Wildman–Crippen LogP) is 5.94. The van der Waals surface area contributed by atoms with Crippen LogP contribution in [0.3, 0.4) is 0 Å². The Morgan fingerprint density at radius 2 is 1.73 bits per heavy atom. The van der Waals surface area contributed by atoms with Crippen LogP contribution >= 0.6 is 11.6 Å². The van der Waals surface area contributed by atoms with E-state index in [1.165, 1.54) is 4.57 Å². The molecule has 0 aliphatic heterocycles. The number of anilines is 1. The molecule has 3 N–H and O–H groups in total. The minimum absolute atomic E-state index is 0.0323. The molecular weight excluding hydrogens is 453 g/mol. The van der Waals surface area contributed by atoms with Gasteiger partial charge < -0.3 is 10.3 Å². The van der Waals surface area contributed by atoms with Gasteiger partial charge in [-0.05, 0) is 28.8 Å². The molecule has 0 spiro atoms. The summed E-state index contributed by atoms with van der Waals surface area (Å²) in [7, 11) is 1.56. The first kappa shape index (κ1) is 22.8. The van der Waals surface area contributed by atoms with Crippen molar-refractivity contribution >= 4 is 34.5 Å². The van der Waals surface area contributed by atoms with Crippen LogP contribution in [0.5, 0.6) is 0 Å². The maximum absolute atomic E-state index is 13.1. The molecule has 0 aliphatic rings. The van der Waals surface area contributed by atoms with Gasteiger partial charge in [-0.2, -0.15) is 13.2 Å². The molecule has 0 aliphatic carbocycles. The summed E-state index contributed by atoms with van der Waals surface area (Å²) in [6, 6.07) is 18.7. The number of carbonyl (C=O) groups is 1. The highest BCUT2D eigenvalue weighted by molar-refractivity contribution is 6.35. The van der Waals surface area contributed by atoms with Crippen molar-refractivity contribution in [3.05, 3.63) is 82.9 Å². The number of alkyl halides is 3. The van der Waals surface area contributed by atoms with Crippen molar-refractivity contribution < 1.29 is 18.0 Å². The van der Waals surface area contributed by atoms with E-state index in [0.717, 1.165) is 28.8 Å². The molecule has 1 unspecified atom stereocenters. The smallest absolute Gasteiger partial charge is 0.324 e. The molecule has 5 nitrogen and oxygen atoms in total. The molecule has 0 radical (unpaired) electrons. The first-order valence-corrected chi connectivity index (χ1v) is 10.5. The molecule has 4 aromatic rings. The van der Waals surface area contributed by atoms with Gasteiger partial charge in [0, 0.05) is 19.5 Å². The number of carbonyl (C=O) groups excluding carboxylic acids is 1. The van der Waals surface area contributed by atoms with Crippen LogP contribution in [0.1, 0.15) is 23.6 Å². The quantitative estimate of drug-likeness (QED) is 0.377. The standard InChI is InChI=1S/C24H20ClF3N4O/c1-32-22-18(25)11-17(24(26,27)28)12-20(22)30-23(32)31-21(33)13-19(29)16-9-7-15(8-10-16)14-5-3-2-4-6-14/h2-12,19H,13,29H2,1H3,(H,30,31,33). The molecule has 1 amide bonds. The molecule has 170 valence electrons. The minimum Gasteiger partial charge on any atom is -0.324 e. The van der Waals surface area contributed by atoms with Gasteiger partial charge in [0.05, 0.1) is 21.6 Å². The van der Waals surface area contributed by atoms with Crippen LogP contribution in [0.2, 0.25) is 5.02 Å². The van der Waals surface area contributed by atoms with E-state index >= 15 is 0 Å². The molecule has 33 heavy (non-hydrogen) atoms. The number of imidazole rings is 1. The van der Waals surface area contributed by atoms with Gasteiger partial charge in [-0.25, -0.2) is 4.98 Å². The monoisotopic (exact) mass is 472 g/mol. The van der Waals surface area contributed by atoms with Crippen LogP contribution in [0.25, 0.3) is 22.2 Å². The Balaban J connectivity index is 1.48. The summed E-state index contributed by atoms with van der Waals surface area (Å²) in [6.45, 7) is 0. The summed E-state index contributed by atoms with van der Waals surface area (Å²) in [6.07, 6.45) is -4.59. The number of benzene rings is 3. The van der Waals surface area contributed by atoms with E-state index in [9.17, 15) is 18.0 Å². The maximum Gasteiger partial charge on any atom is 0.416 e. The van der Waals surface area contributed by atoms with Crippen molar-refractivity contribution in [3.8, 4) is 11.1 Å². The average molecular weight is 473 g/mol. The number of rotatable bonds is 5. The average Bonchev–Trinajstić information content (AvgIpc) is 3.09. The molecule has 0 bridgehead atoms. The van der Waals surface area contributed by atoms with Crippen LogP contribution in [-0.4, -0.2) is 15.5 Å². The molecule has 3 aromatic carbocycles. The summed E-state index contributed by atoms with van der Waals surface area (Å²) in [5.74, 6) is -0.331. The van der Waals surface area contributed by atoms with Gasteiger partial charge in [-0.1, -0.05) is 66.2 Å². The predicted molar refractivity (Wildman–Crippen MR) is 123 cm³/mol. The molecule has 1 aromatic heterocycles. The maximum atomic E-state index is 13.1. The normalized spacial score (nSPS) is 12.7. The van der Waals surface area contributed by atoms with Crippen molar-refractivity contribution in [3.63, 3.8) is 0 Å². The van der Waals surface area contributed by atoms with Gasteiger partial charge in [-0.3, -0.25) is 10.1 Å². The van der Waals surface area contributed by atoms with E-state index < -0.39 is 23.7 Å². The number of aryl methyl sites for hydroxylation is 1. The van der Waals surface area contributed by atoms with E-state index in [1.807, 2.05) is 54.6 Å². The Hall–Kier alpha value is -3.36. The Morgan fingerprint density at radius 1 is 1.09 bits per heavy atom. The summed E-state index contributed by atoms with van der Waals surface area (Å²) in [5, 5.41) is 2.51. The third-order valence-corrected chi connectivity index (χ3v) is 5.64. The van der Waals surface area contributed by atoms with E-state index in [-0.39, 0.29) is 22.9 Å². The zero-order chi connectivity index (χ0) is 23.8. The van der Waals surface area contributed by atoms with E-state index in [2.05, 4.69) is 10.3 Å². The molecule has 0 fully saturated rings. The highest BCUT2D eigenvalue weighted by Gasteiger charge is 2.32. The van der Waals surface area contributed by atoms with E-state index in [4.69, 9.17) is 17.3 Å². The lowest BCUT2D eigenvalue weighted by atomic mass is 9.99. The highest BCUT2D eigenvalue weighted by Crippen LogP contribution is 2.35. The third-order valence-electron chi connectivity index (χ3n) is 5.35. The summed E-state index contributed by atoms with van der Waals surface area (Å²) < 4.78 is 40.6. The van der Waals surface area contributed by atoms with Crippen LogP contribution in [0.15, 0.2) is 66.7 Å². The number of hydrogen-bond acceptors (Lipinski definition) is 3. The molecule has 1 heterocycles. The molecule has 0 saturated heterocycles. The van der Waals surface area contributed by atoms with Crippen molar-refractivity contribution in [1.82, 2.24) is 9.55 Å². The van der Waals surface area contributed by atoms with Gasteiger partial charge in [0.15, 0.2) is 0 Å². The van der Waals surface area contributed by atoms with Crippen molar-refractivity contribution in [2.45, 2.75) is 18.6 Å². The summed E-state index contributed by atoms with van der Waals surface area (Å²) in [4.78, 5) is 16.7. The largest absolute Gasteiger partial charge is 0.416 e. The SMILES string of the molecule is Cn1c(NC(=O)CC(N)c2ccc(-c3ccccc3)cc2)nc2cc(C(F)(F)F)cc(Cl)c21. The van der Waals surface area contributed by atoms with E-state index in [1.54, 1.807) is 7.05 Å². The number of nitrogens with zero attached hydrogens (tertiary/aromatic N) is 2. The number of hydrogen-bond donors (Lipinski definition) is 2. The molecule has 1 atom stereocenters. The lowest BCUT2D eigenvalue weighted by Gasteiger charge is -2.13. The lowest BCUT2D eigenvalue weighted by molar-refractivity contribution is -0.137. The summed E-state index contributed by atoms with van der Waals surface area (Å²) >= 11 is 6.05. The Kier molecular flexibility index (Phi) is 6.14. The number of aromatic nitrogens is 2.